The lowest BCUT2D eigenvalue weighted by Crippen LogP contribution is -2.24. The molecule has 2 N–H and O–H groups in total. The van der Waals surface area contributed by atoms with Crippen LogP contribution in [0.1, 0.15) is 5.56 Å². The molecule has 0 aliphatic heterocycles. The van der Waals surface area contributed by atoms with Gasteiger partial charge in [-0.05, 0) is 36.8 Å². The van der Waals surface area contributed by atoms with Gasteiger partial charge in [-0.3, -0.25) is 0 Å². The van der Waals surface area contributed by atoms with Gasteiger partial charge in [0.25, 0.3) is 0 Å². The molecule has 0 fully saturated rings. The van der Waals surface area contributed by atoms with Gasteiger partial charge in [0, 0.05) is 27.5 Å². The summed E-state index contributed by atoms with van der Waals surface area (Å²) in [5, 5.41) is 7.02. The molecule has 0 aromatic heterocycles. The van der Waals surface area contributed by atoms with Gasteiger partial charge in [0.15, 0.2) is 0 Å². The van der Waals surface area contributed by atoms with E-state index in [0.717, 1.165) is 10.5 Å². The highest BCUT2D eigenvalue weighted by molar-refractivity contribution is 7.99. The van der Waals surface area contributed by atoms with Crippen molar-refractivity contribution >= 4 is 69.9 Å². The smallest absolute Gasteiger partial charge is 0.318 e. The Balaban J connectivity index is 2.34. The first-order chi connectivity index (χ1) is 10.8. The van der Waals surface area contributed by atoms with Crippen molar-refractivity contribution in [3.05, 3.63) is 49.9 Å². The molecule has 0 heterocycles. The number of carbonyl (C=O) groups excluding carboxylic acids is 1. The van der Waals surface area contributed by atoms with Gasteiger partial charge in [-0.2, -0.15) is 0 Å². The van der Waals surface area contributed by atoms with Crippen molar-refractivity contribution in [2.45, 2.75) is 16.7 Å². The van der Waals surface area contributed by atoms with E-state index in [-0.39, 0.29) is 6.03 Å². The molecule has 122 valence electrons. The molecule has 2 amide bonds. The van der Waals surface area contributed by atoms with E-state index in [1.54, 1.807) is 18.2 Å². The number of rotatable bonds is 3. The minimum atomic E-state index is -0.353. The highest BCUT2D eigenvalue weighted by Crippen LogP contribution is 2.43. The van der Waals surface area contributed by atoms with Crippen LogP contribution in [0.5, 0.6) is 0 Å². The summed E-state index contributed by atoms with van der Waals surface area (Å²) in [4.78, 5) is 12.8. The molecule has 0 aliphatic rings. The zero-order chi connectivity index (χ0) is 17.1. The second-order valence-electron chi connectivity index (χ2n) is 4.61. The number of halogens is 4. The van der Waals surface area contributed by atoms with E-state index in [9.17, 15) is 4.79 Å². The number of urea groups is 1. The molecule has 2 aromatic carbocycles. The van der Waals surface area contributed by atoms with Crippen LogP contribution in [0.4, 0.5) is 10.5 Å². The zero-order valence-electron chi connectivity index (χ0n) is 12.1. The number of hydrogen-bond donors (Lipinski definition) is 2. The van der Waals surface area contributed by atoms with Crippen molar-refractivity contribution in [1.29, 1.82) is 0 Å². The van der Waals surface area contributed by atoms with Crippen LogP contribution in [0.25, 0.3) is 0 Å². The highest BCUT2D eigenvalue weighted by atomic mass is 35.5. The summed E-state index contributed by atoms with van der Waals surface area (Å²) in [6, 6.07) is 6.46. The first-order valence-electron chi connectivity index (χ1n) is 6.43. The van der Waals surface area contributed by atoms with Gasteiger partial charge < -0.3 is 10.6 Å². The fourth-order valence-corrected chi connectivity index (χ4v) is 3.88. The Morgan fingerprint density at radius 2 is 1.57 bits per heavy atom. The van der Waals surface area contributed by atoms with Crippen molar-refractivity contribution < 1.29 is 4.79 Å². The Kier molecular flexibility index (Phi) is 6.34. The van der Waals surface area contributed by atoms with Crippen LogP contribution < -0.4 is 10.6 Å². The SMILES string of the molecule is CNC(=O)Nc1cc(Cl)c(Sc2cc(C)c(Cl)cc2Cl)c(Cl)c1. The van der Waals surface area contributed by atoms with Crippen LogP contribution in [0, 0.1) is 6.92 Å². The molecule has 0 saturated heterocycles. The van der Waals surface area contributed by atoms with Crippen LogP contribution >= 0.6 is 58.2 Å². The van der Waals surface area contributed by atoms with Crippen LogP contribution in [-0.4, -0.2) is 13.1 Å². The lowest BCUT2D eigenvalue weighted by atomic mass is 10.2. The molecule has 2 rings (SSSR count). The van der Waals surface area contributed by atoms with E-state index in [1.165, 1.54) is 18.8 Å². The van der Waals surface area contributed by atoms with E-state index in [4.69, 9.17) is 46.4 Å². The molecule has 8 heteroatoms. The van der Waals surface area contributed by atoms with Crippen molar-refractivity contribution in [3.63, 3.8) is 0 Å². The topological polar surface area (TPSA) is 41.1 Å². The molecule has 0 bridgehead atoms. The molecular formula is C15H12Cl4N2OS. The molecule has 0 spiro atoms. The van der Waals surface area contributed by atoms with Crippen LogP contribution in [0.15, 0.2) is 34.1 Å². The normalized spacial score (nSPS) is 10.5. The molecule has 0 atom stereocenters. The van der Waals surface area contributed by atoms with Crippen LogP contribution in [0.3, 0.4) is 0 Å². The fourth-order valence-electron chi connectivity index (χ4n) is 1.74. The summed E-state index contributed by atoms with van der Waals surface area (Å²) in [6.07, 6.45) is 0. The number of aryl methyl sites for hydroxylation is 1. The maximum absolute atomic E-state index is 11.4. The monoisotopic (exact) mass is 408 g/mol. The van der Waals surface area contributed by atoms with Crippen molar-refractivity contribution in [3.8, 4) is 0 Å². The van der Waals surface area contributed by atoms with Gasteiger partial charge in [-0.1, -0.05) is 58.2 Å². The van der Waals surface area contributed by atoms with Gasteiger partial charge in [0.05, 0.1) is 15.1 Å². The minimum Gasteiger partial charge on any atom is -0.341 e. The summed E-state index contributed by atoms with van der Waals surface area (Å²) in [5.74, 6) is 0. The van der Waals surface area contributed by atoms with Crippen LogP contribution in [0.2, 0.25) is 20.1 Å². The van der Waals surface area contributed by atoms with Crippen molar-refractivity contribution in [2.24, 2.45) is 0 Å². The standard InChI is InChI=1S/C15H12Cl4N2OS/c1-7-3-13(10(17)6-9(7)16)23-14-11(18)4-8(5-12(14)19)21-15(22)20-2/h3-6H,1-2H3,(H2,20,21,22). The maximum Gasteiger partial charge on any atom is 0.318 e. The van der Waals surface area contributed by atoms with Crippen molar-refractivity contribution in [1.82, 2.24) is 5.32 Å². The van der Waals surface area contributed by atoms with Crippen molar-refractivity contribution in [2.75, 3.05) is 12.4 Å². The average Bonchev–Trinajstić information content (AvgIpc) is 2.47. The molecule has 3 nitrogen and oxygen atoms in total. The summed E-state index contributed by atoms with van der Waals surface area (Å²) >= 11 is 26.2. The molecule has 23 heavy (non-hydrogen) atoms. The first kappa shape index (κ1) is 18.6. The summed E-state index contributed by atoms with van der Waals surface area (Å²) in [7, 11) is 1.52. The Labute approximate surface area is 158 Å². The second-order valence-corrected chi connectivity index (χ2v) is 7.29. The Hall–Kier alpha value is -0.780. The summed E-state index contributed by atoms with van der Waals surface area (Å²) in [6.45, 7) is 1.89. The molecule has 0 unspecified atom stereocenters. The number of nitrogens with one attached hydrogen (secondary N) is 2. The fraction of sp³-hybridized carbons (Fsp3) is 0.133. The van der Waals surface area contributed by atoms with Gasteiger partial charge >= 0.3 is 6.03 Å². The van der Waals surface area contributed by atoms with E-state index in [0.29, 0.717) is 30.7 Å². The van der Waals surface area contributed by atoms with Gasteiger partial charge in [-0.15, -0.1) is 0 Å². The first-order valence-corrected chi connectivity index (χ1v) is 8.76. The molecule has 0 saturated carbocycles. The van der Waals surface area contributed by atoms with E-state index < -0.39 is 0 Å². The number of amides is 2. The third-order valence-corrected chi connectivity index (χ3v) is 5.76. The lowest BCUT2D eigenvalue weighted by Gasteiger charge is -2.12. The number of carbonyl (C=O) groups is 1. The minimum absolute atomic E-state index is 0.353. The second kappa shape index (κ2) is 7.86. The van der Waals surface area contributed by atoms with E-state index in [2.05, 4.69) is 10.6 Å². The predicted molar refractivity (Wildman–Crippen MR) is 99.9 cm³/mol. The number of hydrogen-bond acceptors (Lipinski definition) is 2. The van der Waals surface area contributed by atoms with Gasteiger partial charge in [-0.25, -0.2) is 4.79 Å². The zero-order valence-corrected chi connectivity index (χ0v) is 16.0. The maximum atomic E-state index is 11.4. The summed E-state index contributed by atoms with van der Waals surface area (Å²) < 4.78 is 0. The number of benzene rings is 2. The quantitative estimate of drug-likeness (QED) is 0.606. The van der Waals surface area contributed by atoms with Crippen LogP contribution in [-0.2, 0) is 0 Å². The lowest BCUT2D eigenvalue weighted by molar-refractivity contribution is 0.254. The van der Waals surface area contributed by atoms with Gasteiger partial charge in [0.1, 0.15) is 0 Å². The van der Waals surface area contributed by atoms with Gasteiger partial charge in [0.2, 0.25) is 0 Å². The number of anilines is 1. The third-order valence-electron chi connectivity index (χ3n) is 2.91. The average molecular weight is 410 g/mol. The Bertz CT molecular complexity index is 744. The Morgan fingerprint density at radius 3 is 2.13 bits per heavy atom. The molecule has 2 aromatic rings. The molecule has 0 aliphatic carbocycles. The molecule has 0 radical (unpaired) electrons. The van der Waals surface area contributed by atoms with E-state index in [1.807, 2.05) is 13.0 Å². The highest BCUT2D eigenvalue weighted by Gasteiger charge is 2.14. The van der Waals surface area contributed by atoms with E-state index >= 15 is 0 Å². The predicted octanol–water partition coefficient (Wildman–Crippen LogP) is 6.51. The largest absolute Gasteiger partial charge is 0.341 e. The molecular weight excluding hydrogens is 398 g/mol. The Morgan fingerprint density at radius 1 is 0.957 bits per heavy atom. The third kappa shape index (κ3) is 4.61. The summed E-state index contributed by atoms with van der Waals surface area (Å²) in [5.41, 5.74) is 1.41.